The van der Waals surface area contributed by atoms with Crippen LogP contribution in [-0.2, 0) is 0 Å². The van der Waals surface area contributed by atoms with Crippen LogP contribution in [0.5, 0.6) is 5.75 Å². The molecule has 25 heavy (non-hydrogen) atoms. The molecule has 3 heterocycles. The first kappa shape index (κ1) is 15.9. The van der Waals surface area contributed by atoms with E-state index in [1.54, 1.807) is 11.3 Å². The number of hydrogen-bond acceptors (Lipinski definition) is 5. The number of nitriles is 1. The molecule has 4 nitrogen and oxygen atoms in total. The molecule has 2 aromatic heterocycles. The smallest absolute Gasteiger partial charge is 0.205 e. The number of halogens is 1. The molecular weight excluding hydrogens is 354 g/mol. The van der Waals surface area contributed by atoms with Gasteiger partial charge in [0.25, 0.3) is 0 Å². The van der Waals surface area contributed by atoms with E-state index >= 15 is 0 Å². The summed E-state index contributed by atoms with van der Waals surface area (Å²) in [5.74, 6) is 0.584. The van der Waals surface area contributed by atoms with Crippen molar-refractivity contribution in [2.75, 3.05) is 0 Å². The molecule has 1 aliphatic heterocycles. The SMILES string of the molecule is Cc1cc(C)c2c3c(sc2n1)C(c1ccc(Cl)cc1)C(C#N)=C(N)O3. The number of aromatic nitrogens is 1. The monoisotopic (exact) mass is 367 g/mol. The highest BCUT2D eigenvalue weighted by molar-refractivity contribution is 7.19. The number of hydrogen-bond donors (Lipinski definition) is 1. The molecule has 0 fully saturated rings. The van der Waals surface area contributed by atoms with Crippen molar-refractivity contribution in [2.24, 2.45) is 5.73 Å². The van der Waals surface area contributed by atoms with Crippen LogP contribution in [0.4, 0.5) is 0 Å². The van der Waals surface area contributed by atoms with Crippen molar-refractivity contribution in [3.63, 3.8) is 0 Å². The van der Waals surface area contributed by atoms with Crippen LogP contribution in [0.2, 0.25) is 5.02 Å². The van der Waals surface area contributed by atoms with Crippen molar-refractivity contribution >= 4 is 33.2 Å². The quantitative estimate of drug-likeness (QED) is 0.671. The van der Waals surface area contributed by atoms with Gasteiger partial charge < -0.3 is 10.5 Å². The highest BCUT2D eigenvalue weighted by Gasteiger charge is 2.34. The highest BCUT2D eigenvalue weighted by atomic mass is 35.5. The number of allylic oxidation sites excluding steroid dienone is 1. The Labute approximate surface area is 154 Å². The van der Waals surface area contributed by atoms with Crippen LogP contribution in [0, 0.1) is 25.2 Å². The largest absolute Gasteiger partial charge is 0.439 e. The molecule has 4 rings (SSSR count). The zero-order chi connectivity index (χ0) is 17.7. The fourth-order valence-corrected chi connectivity index (χ4v) is 4.74. The molecule has 3 aromatic rings. The summed E-state index contributed by atoms with van der Waals surface area (Å²) in [7, 11) is 0. The maximum absolute atomic E-state index is 9.64. The van der Waals surface area contributed by atoms with E-state index in [1.165, 1.54) is 0 Å². The number of pyridine rings is 1. The van der Waals surface area contributed by atoms with Crippen molar-refractivity contribution in [2.45, 2.75) is 19.8 Å². The summed E-state index contributed by atoms with van der Waals surface area (Å²) in [6.45, 7) is 4.00. The van der Waals surface area contributed by atoms with Gasteiger partial charge in [-0.3, -0.25) is 0 Å². The van der Waals surface area contributed by atoms with Crippen molar-refractivity contribution < 1.29 is 4.74 Å². The Kier molecular flexibility index (Phi) is 3.68. The average molecular weight is 368 g/mol. The lowest BCUT2D eigenvalue weighted by Crippen LogP contribution is -2.19. The van der Waals surface area contributed by atoms with E-state index < -0.39 is 0 Å². The molecule has 0 spiro atoms. The van der Waals surface area contributed by atoms with Crippen molar-refractivity contribution in [1.82, 2.24) is 4.98 Å². The third kappa shape index (κ3) is 2.46. The maximum Gasteiger partial charge on any atom is 0.205 e. The lowest BCUT2D eigenvalue weighted by Gasteiger charge is -2.24. The summed E-state index contributed by atoms with van der Waals surface area (Å²) < 4.78 is 5.86. The minimum absolute atomic E-state index is 0.148. The van der Waals surface area contributed by atoms with Crippen molar-refractivity contribution in [3.8, 4) is 11.8 Å². The zero-order valence-corrected chi connectivity index (χ0v) is 15.2. The van der Waals surface area contributed by atoms with Gasteiger partial charge in [0.15, 0.2) is 5.75 Å². The maximum atomic E-state index is 9.64. The van der Waals surface area contributed by atoms with Gasteiger partial charge in [-0.15, -0.1) is 11.3 Å². The van der Waals surface area contributed by atoms with Crippen LogP contribution in [0.3, 0.4) is 0 Å². The summed E-state index contributed by atoms with van der Waals surface area (Å²) in [6.07, 6.45) is 0. The molecule has 6 heteroatoms. The summed E-state index contributed by atoms with van der Waals surface area (Å²) >= 11 is 7.56. The van der Waals surface area contributed by atoms with E-state index in [1.807, 2.05) is 44.2 Å². The molecule has 1 unspecified atom stereocenters. The second-order valence-corrected chi connectivity index (χ2v) is 7.50. The normalized spacial score (nSPS) is 16.5. The molecule has 0 radical (unpaired) electrons. The number of nitrogens with zero attached hydrogens (tertiary/aromatic N) is 2. The minimum Gasteiger partial charge on any atom is -0.439 e. The Morgan fingerprint density at radius 3 is 2.68 bits per heavy atom. The molecule has 0 saturated heterocycles. The van der Waals surface area contributed by atoms with Crippen LogP contribution in [0.15, 0.2) is 41.8 Å². The molecule has 0 saturated carbocycles. The van der Waals surface area contributed by atoms with Gasteiger partial charge in [0.05, 0.1) is 16.2 Å². The third-order valence-electron chi connectivity index (χ3n) is 4.32. The number of aryl methyl sites for hydroxylation is 2. The van der Waals surface area contributed by atoms with Gasteiger partial charge in [-0.1, -0.05) is 23.7 Å². The summed E-state index contributed by atoms with van der Waals surface area (Å²) in [5.41, 5.74) is 9.49. The fourth-order valence-electron chi connectivity index (χ4n) is 3.25. The van der Waals surface area contributed by atoms with E-state index in [0.717, 1.165) is 31.9 Å². The van der Waals surface area contributed by atoms with Gasteiger partial charge in [0.1, 0.15) is 16.5 Å². The topological polar surface area (TPSA) is 71.9 Å². The molecule has 2 N–H and O–H groups in total. The third-order valence-corrected chi connectivity index (χ3v) is 5.70. The fraction of sp³-hybridized carbons (Fsp3) is 0.158. The lowest BCUT2D eigenvalue weighted by atomic mass is 9.88. The Hall–Kier alpha value is -2.55. The average Bonchev–Trinajstić information content (AvgIpc) is 2.92. The Morgan fingerprint density at radius 2 is 2.00 bits per heavy atom. The molecule has 1 aromatic carbocycles. The minimum atomic E-state index is -0.273. The van der Waals surface area contributed by atoms with E-state index in [9.17, 15) is 5.26 Å². The first-order valence-electron chi connectivity index (χ1n) is 7.73. The number of ether oxygens (including phenoxy) is 1. The summed E-state index contributed by atoms with van der Waals surface area (Å²) in [4.78, 5) is 6.48. The van der Waals surface area contributed by atoms with Crippen LogP contribution < -0.4 is 10.5 Å². The first-order chi connectivity index (χ1) is 12.0. The van der Waals surface area contributed by atoms with E-state index in [0.29, 0.717) is 16.3 Å². The van der Waals surface area contributed by atoms with Crippen LogP contribution in [0.25, 0.3) is 10.2 Å². The van der Waals surface area contributed by atoms with Gasteiger partial charge in [0.2, 0.25) is 5.88 Å². The number of fused-ring (bicyclic) bond motifs is 3. The second-order valence-electron chi connectivity index (χ2n) is 6.03. The summed E-state index contributed by atoms with van der Waals surface area (Å²) in [6, 6.07) is 11.7. The number of nitrogens with two attached hydrogens (primary N) is 1. The van der Waals surface area contributed by atoms with E-state index in [2.05, 4.69) is 11.1 Å². The highest BCUT2D eigenvalue weighted by Crippen LogP contribution is 2.50. The molecule has 1 aliphatic rings. The van der Waals surface area contributed by atoms with Crippen molar-refractivity contribution in [1.29, 1.82) is 5.26 Å². The Balaban J connectivity index is 2.02. The second kappa shape index (κ2) is 5.76. The molecule has 124 valence electrons. The van der Waals surface area contributed by atoms with Gasteiger partial charge in [0, 0.05) is 10.7 Å². The summed E-state index contributed by atoms with van der Waals surface area (Å²) in [5, 5.41) is 11.3. The van der Waals surface area contributed by atoms with E-state index in [-0.39, 0.29) is 11.8 Å². The molecule has 0 amide bonds. The zero-order valence-electron chi connectivity index (χ0n) is 13.6. The van der Waals surface area contributed by atoms with Gasteiger partial charge in [-0.2, -0.15) is 5.26 Å². The number of rotatable bonds is 1. The number of benzene rings is 1. The van der Waals surface area contributed by atoms with Gasteiger partial charge >= 0.3 is 0 Å². The van der Waals surface area contributed by atoms with Gasteiger partial charge in [-0.05, 0) is 43.2 Å². The first-order valence-corrected chi connectivity index (χ1v) is 8.92. The predicted molar refractivity (Wildman–Crippen MR) is 99.8 cm³/mol. The lowest BCUT2D eigenvalue weighted by molar-refractivity contribution is 0.401. The van der Waals surface area contributed by atoms with Crippen LogP contribution in [0.1, 0.15) is 27.6 Å². The Bertz CT molecular complexity index is 1080. The molecule has 0 bridgehead atoms. The molecule has 0 aliphatic carbocycles. The van der Waals surface area contributed by atoms with Crippen LogP contribution >= 0.6 is 22.9 Å². The van der Waals surface area contributed by atoms with Crippen molar-refractivity contribution in [3.05, 3.63) is 68.5 Å². The van der Waals surface area contributed by atoms with Gasteiger partial charge in [-0.25, -0.2) is 4.98 Å². The number of thiophene rings is 1. The standard InChI is InChI=1S/C19H14ClN3OS/c1-9-7-10(2)23-19-14(9)16-17(25-19)15(13(8-21)18(22)24-16)11-3-5-12(20)6-4-11/h3-7,15H,22H2,1-2H3. The van der Waals surface area contributed by atoms with E-state index in [4.69, 9.17) is 22.1 Å². The molecule has 1 atom stereocenters. The molecular formula is C19H14ClN3OS. The van der Waals surface area contributed by atoms with Crippen LogP contribution in [-0.4, -0.2) is 4.98 Å². The Morgan fingerprint density at radius 1 is 1.28 bits per heavy atom. The predicted octanol–water partition coefficient (Wildman–Crippen LogP) is 4.78.